The fourth-order valence-electron chi connectivity index (χ4n) is 3.01. The van der Waals surface area contributed by atoms with Crippen LogP contribution in [-0.2, 0) is 6.54 Å². The maximum atomic E-state index is 2.36. The molecule has 0 spiro atoms. The number of hydrogen-bond donors (Lipinski definition) is 0. The van der Waals surface area contributed by atoms with E-state index in [0.29, 0.717) is 0 Å². The van der Waals surface area contributed by atoms with E-state index in [1.54, 1.807) is 0 Å². The average Bonchev–Trinajstić information content (AvgIpc) is 2.46. The summed E-state index contributed by atoms with van der Waals surface area (Å²) < 4.78 is 1.11. The highest BCUT2D eigenvalue weighted by atomic mass is 19.0. The molecule has 1 nitrogen and oxygen atoms in total. The molecule has 0 aliphatic carbocycles. The standard InChI is InChI=1S/C20H36N.FH/c1-4-5-6-7-8-9-10-11-15-18-21(2,3)19-20-16-13-12-14-17-20;/h12-14,16-17H,4-11,15,18-19H2,1-3H3;1H/q+1;/p-1. The second-order valence-electron chi connectivity index (χ2n) is 7.13. The summed E-state index contributed by atoms with van der Waals surface area (Å²) in [6, 6.07) is 10.9. The third-order valence-corrected chi connectivity index (χ3v) is 4.32. The van der Waals surface area contributed by atoms with Gasteiger partial charge in [-0.15, -0.1) is 0 Å². The van der Waals surface area contributed by atoms with E-state index in [0.717, 1.165) is 11.0 Å². The number of nitrogens with zero attached hydrogens (tertiary/aromatic N) is 1. The molecule has 1 aromatic carbocycles. The summed E-state index contributed by atoms with van der Waals surface area (Å²) >= 11 is 0. The molecule has 2 heteroatoms. The quantitative estimate of drug-likeness (QED) is 0.411. The molecule has 0 saturated carbocycles. The van der Waals surface area contributed by atoms with Crippen molar-refractivity contribution in [2.45, 2.75) is 71.3 Å². The van der Waals surface area contributed by atoms with Crippen molar-refractivity contribution < 1.29 is 9.19 Å². The van der Waals surface area contributed by atoms with Gasteiger partial charge in [0.15, 0.2) is 0 Å². The second kappa shape index (κ2) is 12.6. The first kappa shape index (κ1) is 21.1. The first-order valence-corrected chi connectivity index (χ1v) is 9.00. The van der Waals surface area contributed by atoms with E-state index < -0.39 is 0 Å². The maximum absolute atomic E-state index is 2.36. The van der Waals surface area contributed by atoms with E-state index in [9.17, 15) is 0 Å². The maximum Gasteiger partial charge on any atom is 0.104 e. The van der Waals surface area contributed by atoms with Gasteiger partial charge in [-0.1, -0.05) is 82.2 Å². The average molecular weight is 310 g/mol. The Morgan fingerprint density at radius 3 is 1.77 bits per heavy atom. The monoisotopic (exact) mass is 309 g/mol. The fourth-order valence-corrected chi connectivity index (χ4v) is 3.01. The van der Waals surface area contributed by atoms with E-state index in [1.165, 1.54) is 69.9 Å². The summed E-state index contributed by atoms with van der Waals surface area (Å²) in [5, 5.41) is 0. The van der Waals surface area contributed by atoms with E-state index in [2.05, 4.69) is 51.4 Å². The highest BCUT2D eigenvalue weighted by Gasteiger charge is 2.14. The Balaban J connectivity index is 0.00000441. The normalized spacial score (nSPS) is 11.2. The van der Waals surface area contributed by atoms with Crippen LogP contribution in [0.4, 0.5) is 0 Å². The molecule has 0 radical (unpaired) electrons. The SMILES string of the molecule is CCCCCCCCCCC[N+](C)(C)Cc1ccccc1.[F-]. The number of rotatable bonds is 12. The van der Waals surface area contributed by atoms with Gasteiger partial charge in [-0.05, 0) is 12.8 Å². The van der Waals surface area contributed by atoms with Crippen LogP contribution in [0, 0.1) is 0 Å². The van der Waals surface area contributed by atoms with Gasteiger partial charge >= 0.3 is 0 Å². The van der Waals surface area contributed by atoms with Crippen molar-refractivity contribution in [1.29, 1.82) is 0 Å². The van der Waals surface area contributed by atoms with Crippen LogP contribution in [0.25, 0.3) is 0 Å². The van der Waals surface area contributed by atoms with E-state index in [4.69, 9.17) is 0 Å². The Morgan fingerprint density at radius 1 is 0.727 bits per heavy atom. The molecule has 0 heterocycles. The first-order valence-electron chi connectivity index (χ1n) is 9.00. The minimum atomic E-state index is 0. The summed E-state index contributed by atoms with van der Waals surface area (Å²) in [5.41, 5.74) is 1.46. The molecule has 22 heavy (non-hydrogen) atoms. The van der Waals surface area contributed by atoms with E-state index in [1.807, 2.05) is 0 Å². The lowest BCUT2D eigenvalue weighted by molar-refractivity contribution is -0.903. The van der Waals surface area contributed by atoms with Crippen LogP contribution in [0.5, 0.6) is 0 Å². The number of benzene rings is 1. The lowest BCUT2D eigenvalue weighted by Crippen LogP contribution is -3.00. The van der Waals surface area contributed by atoms with E-state index >= 15 is 0 Å². The molecule has 0 aliphatic heterocycles. The van der Waals surface area contributed by atoms with Crippen molar-refractivity contribution in [1.82, 2.24) is 0 Å². The Hall–Kier alpha value is -0.890. The molecule has 0 saturated heterocycles. The topological polar surface area (TPSA) is 0 Å². The van der Waals surface area contributed by atoms with Gasteiger partial charge < -0.3 is 9.19 Å². The summed E-state index contributed by atoms with van der Waals surface area (Å²) in [5.74, 6) is 0. The fraction of sp³-hybridized carbons (Fsp3) is 0.700. The van der Waals surface area contributed by atoms with Crippen LogP contribution in [0.2, 0.25) is 0 Å². The van der Waals surface area contributed by atoms with Crippen LogP contribution in [0.15, 0.2) is 30.3 Å². The minimum absolute atomic E-state index is 0. The third kappa shape index (κ3) is 10.8. The van der Waals surface area contributed by atoms with Gasteiger partial charge in [-0.25, -0.2) is 0 Å². The van der Waals surface area contributed by atoms with Crippen molar-refractivity contribution in [3.8, 4) is 0 Å². The highest BCUT2D eigenvalue weighted by Crippen LogP contribution is 2.13. The zero-order valence-electron chi connectivity index (χ0n) is 15.0. The highest BCUT2D eigenvalue weighted by molar-refractivity contribution is 5.13. The zero-order valence-corrected chi connectivity index (χ0v) is 15.0. The summed E-state index contributed by atoms with van der Waals surface area (Å²) in [6.07, 6.45) is 12.8. The second-order valence-corrected chi connectivity index (χ2v) is 7.13. The number of quaternary nitrogens is 1. The van der Waals surface area contributed by atoms with Gasteiger partial charge in [0, 0.05) is 5.56 Å². The molecule has 128 valence electrons. The molecule has 1 aromatic rings. The van der Waals surface area contributed by atoms with Crippen LogP contribution in [-0.4, -0.2) is 25.1 Å². The number of halogens is 1. The Labute approximate surface area is 137 Å². The molecule has 0 unspecified atom stereocenters. The van der Waals surface area contributed by atoms with Gasteiger partial charge in [0.1, 0.15) is 6.54 Å². The van der Waals surface area contributed by atoms with Crippen LogP contribution in [0.3, 0.4) is 0 Å². The van der Waals surface area contributed by atoms with Crippen molar-refractivity contribution in [2.75, 3.05) is 20.6 Å². The summed E-state index contributed by atoms with van der Waals surface area (Å²) in [7, 11) is 4.72. The minimum Gasteiger partial charge on any atom is -1.00 e. The molecular weight excluding hydrogens is 273 g/mol. The van der Waals surface area contributed by atoms with Crippen molar-refractivity contribution >= 4 is 0 Å². The van der Waals surface area contributed by atoms with Crippen molar-refractivity contribution in [3.05, 3.63) is 35.9 Å². The molecule has 0 amide bonds. The predicted molar refractivity (Wildman–Crippen MR) is 94.3 cm³/mol. The first-order chi connectivity index (χ1) is 10.1. The Kier molecular flexibility index (Phi) is 12.1. The largest absolute Gasteiger partial charge is 1.00 e. The van der Waals surface area contributed by atoms with Gasteiger partial charge in [0.25, 0.3) is 0 Å². The van der Waals surface area contributed by atoms with Gasteiger partial charge in [0.05, 0.1) is 20.6 Å². The van der Waals surface area contributed by atoms with Gasteiger partial charge in [-0.2, -0.15) is 0 Å². The smallest absolute Gasteiger partial charge is 0.104 e. The van der Waals surface area contributed by atoms with Crippen LogP contribution >= 0.6 is 0 Å². The summed E-state index contributed by atoms with van der Waals surface area (Å²) in [6.45, 7) is 4.73. The lowest BCUT2D eigenvalue weighted by Gasteiger charge is -2.30. The zero-order chi connectivity index (χ0) is 15.4. The number of hydrogen-bond acceptors (Lipinski definition) is 0. The lowest BCUT2D eigenvalue weighted by atomic mass is 10.1. The molecule has 0 bridgehead atoms. The molecule has 0 atom stereocenters. The molecule has 0 aromatic heterocycles. The van der Waals surface area contributed by atoms with Gasteiger partial charge in [-0.3, -0.25) is 0 Å². The summed E-state index contributed by atoms with van der Waals surface area (Å²) in [4.78, 5) is 0. The molecule has 1 rings (SSSR count). The van der Waals surface area contributed by atoms with E-state index in [-0.39, 0.29) is 4.70 Å². The molecule has 0 aliphatic rings. The van der Waals surface area contributed by atoms with Crippen molar-refractivity contribution in [2.24, 2.45) is 0 Å². The predicted octanol–water partition coefficient (Wildman–Crippen LogP) is 2.80. The van der Waals surface area contributed by atoms with Crippen LogP contribution < -0.4 is 4.70 Å². The molecular formula is C20H36FN. The number of unbranched alkanes of at least 4 members (excludes halogenated alkanes) is 8. The molecule has 0 fully saturated rings. The molecule has 0 N–H and O–H groups in total. The van der Waals surface area contributed by atoms with Crippen molar-refractivity contribution in [3.63, 3.8) is 0 Å². The van der Waals surface area contributed by atoms with Gasteiger partial charge in [0.2, 0.25) is 0 Å². The third-order valence-electron chi connectivity index (χ3n) is 4.32. The van der Waals surface area contributed by atoms with Crippen LogP contribution in [0.1, 0.15) is 70.3 Å². The Bertz CT molecular complexity index is 348. The Morgan fingerprint density at radius 2 is 1.23 bits per heavy atom.